The molecule has 0 rings (SSSR count). The van der Waals surface area contributed by atoms with Crippen LogP contribution in [0.15, 0.2) is 97.2 Å². The van der Waals surface area contributed by atoms with Crippen LogP contribution >= 0.6 is 7.82 Å². The maximum Gasteiger partial charge on any atom is 0.306 e. The Hall–Kier alpha value is -3.07. The van der Waals surface area contributed by atoms with Gasteiger partial charge in [-0.05, 0) is 109 Å². The molecule has 0 radical (unpaired) electrons. The van der Waals surface area contributed by atoms with E-state index in [0.717, 1.165) is 109 Å². The van der Waals surface area contributed by atoms with Gasteiger partial charge >= 0.3 is 5.97 Å². The fraction of sp³-hybridized carbons (Fsp3) is 0.772. The summed E-state index contributed by atoms with van der Waals surface area (Å²) in [6, 6.07) is -0.900. The van der Waals surface area contributed by atoms with Crippen molar-refractivity contribution in [3.05, 3.63) is 97.2 Å². The van der Waals surface area contributed by atoms with Crippen molar-refractivity contribution in [1.82, 2.24) is 5.32 Å². The molecule has 0 aromatic rings. The minimum Gasteiger partial charge on any atom is -0.756 e. The predicted octanol–water partition coefficient (Wildman–Crippen LogP) is 23.6. The number of hydrogen-bond donors (Lipinski definition) is 1. The maximum atomic E-state index is 13.6. The molecule has 0 fully saturated rings. The Morgan fingerprint density at radius 1 is 0.404 bits per heavy atom. The molecule has 1 N–H and O–H groups in total. The Morgan fingerprint density at radius 2 is 0.719 bits per heavy atom. The standard InChI is InChI=1S/C79H143N2O7P/c1-7-10-13-16-19-22-25-28-30-32-34-36-38-39-40-41-43-45-47-49-51-54-57-60-63-66-69-72-79(83)88-77(70-67-64-61-58-55-52-27-24-21-18-15-12-9-3)76(75-87-89(84,85)86-74-73-81(4,5)6)80-78(82)71-68-65-62-59-56-53-50-48-46-44-42-37-35-33-31-29-26-23-20-17-14-11-8-2/h11,14,19-20,22-23,28-31,35,37,44,46,67,70,76-77H,7-10,12-13,15-18,21,24-27,32-34,36,38-43,45,47-66,68-69,71-75H2,1-6H3,(H-,80,82,84,85)/b14-11-,22-19-,23-20-,30-28-,31-29-,37-35-,46-44-,70-67+. The Labute approximate surface area is 551 Å². The molecule has 0 aromatic carbocycles. The lowest BCUT2D eigenvalue weighted by Gasteiger charge is -2.30. The lowest BCUT2D eigenvalue weighted by Crippen LogP contribution is -2.47. The van der Waals surface area contributed by atoms with Crippen molar-refractivity contribution in [2.24, 2.45) is 0 Å². The molecule has 89 heavy (non-hydrogen) atoms. The second-order valence-corrected chi connectivity index (χ2v) is 27.8. The van der Waals surface area contributed by atoms with Gasteiger partial charge in [0, 0.05) is 12.8 Å². The van der Waals surface area contributed by atoms with Gasteiger partial charge in [-0.15, -0.1) is 0 Å². The number of nitrogens with zero attached hydrogens (tertiary/aromatic N) is 1. The summed E-state index contributed by atoms with van der Waals surface area (Å²) in [5, 5.41) is 3.04. The summed E-state index contributed by atoms with van der Waals surface area (Å²) in [6.07, 6.45) is 92.5. The monoisotopic (exact) mass is 1260 g/mol. The van der Waals surface area contributed by atoms with Crippen molar-refractivity contribution < 1.29 is 37.3 Å². The van der Waals surface area contributed by atoms with E-state index in [4.69, 9.17) is 13.8 Å². The topological polar surface area (TPSA) is 114 Å². The Kier molecular flexibility index (Phi) is 65.5. The van der Waals surface area contributed by atoms with Gasteiger partial charge in [0.1, 0.15) is 19.3 Å². The number of nitrogens with one attached hydrogen (secondary N) is 1. The van der Waals surface area contributed by atoms with E-state index in [9.17, 15) is 19.0 Å². The molecule has 0 saturated carbocycles. The van der Waals surface area contributed by atoms with Gasteiger partial charge in [0.2, 0.25) is 5.91 Å². The first-order chi connectivity index (χ1) is 43.4. The number of ether oxygens (including phenoxy) is 1. The largest absolute Gasteiger partial charge is 0.756 e. The van der Waals surface area contributed by atoms with E-state index in [1.54, 1.807) is 0 Å². The molecule has 10 heteroatoms. The average molecular weight is 1260 g/mol. The van der Waals surface area contributed by atoms with E-state index in [2.05, 4.69) is 111 Å². The fourth-order valence-electron chi connectivity index (χ4n) is 10.8. The van der Waals surface area contributed by atoms with Crippen LogP contribution in [0, 0.1) is 0 Å². The number of carbonyl (C=O) groups excluding carboxylic acids is 2. The highest BCUT2D eigenvalue weighted by atomic mass is 31.2. The summed E-state index contributed by atoms with van der Waals surface area (Å²) < 4.78 is 30.5. The highest BCUT2D eigenvalue weighted by Crippen LogP contribution is 2.38. The summed E-state index contributed by atoms with van der Waals surface area (Å²) >= 11 is 0. The normalized spacial score (nSPS) is 14.0. The summed E-state index contributed by atoms with van der Waals surface area (Å²) in [5.74, 6) is -0.545. The van der Waals surface area contributed by atoms with Gasteiger partial charge in [-0.1, -0.05) is 317 Å². The van der Waals surface area contributed by atoms with Crippen molar-refractivity contribution in [2.75, 3.05) is 40.9 Å². The second kappa shape index (κ2) is 67.8. The van der Waals surface area contributed by atoms with Crippen molar-refractivity contribution in [2.45, 2.75) is 354 Å². The third kappa shape index (κ3) is 69.1. The zero-order valence-electron chi connectivity index (χ0n) is 59.1. The smallest absolute Gasteiger partial charge is 0.306 e. The quantitative estimate of drug-likeness (QED) is 0.0212. The third-order valence-electron chi connectivity index (χ3n) is 16.5. The Balaban J connectivity index is 5.04. The summed E-state index contributed by atoms with van der Waals surface area (Å²) in [6.45, 7) is 6.73. The number of likely N-dealkylation sites (N-methyl/N-ethyl adjacent to an activating group) is 1. The molecule has 3 unspecified atom stereocenters. The number of hydrogen-bond acceptors (Lipinski definition) is 7. The van der Waals surface area contributed by atoms with E-state index in [-0.39, 0.29) is 24.9 Å². The van der Waals surface area contributed by atoms with E-state index in [1.165, 1.54) is 199 Å². The number of carbonyl (C=O) groups is 2. The van der Waals surface area contributed by atoms with Crippen LogP contribution in [-0.4, -0.2) is 69.4 Å². The fourth-order valence-corrected chi connectivity index (χ4v) is 11.5. The van der Waals surface area contributed by atoms with E-state index >= 15 is 0 Å². The number of phosphoric ester groups is 1. The van der Waals surface area contributed by atoms with Crippen LogP contribution in [0.25, 0.3) is 0 Å². The van der Waals surface area contributed by atoms with Crippen LogP contribution in [0.2, 0.25) is 0 Å². The van der Waals surface area contributed by atoms with Crippen molar-refractivity contribution in [3.63, 3.8) is 0 Å². The molecule has 0 aliphatic rings. The zero-order valence-corrected chi connectivity index (χ0v) is 60.0. The van der Waals surface area contributed by atoms with Crippen LogP contribution in [0.5, 0.6) is 0 Å². The minimum absolute atomic E-state index is 0.0274. The molecule has 0 aliphatic carbocycles. The number of quaternary nitrogens is 1. The molecule has 0 aliphatic heterocycles. The van der Waals surface area contributed by atoms with Crippen LogP contribution in [0.4, 0.5) is 0 Å². The molecule has 0 spiro atoms. The molecule has 1 amide bonds. The molecule has 516 valence electrons. The van der Waals surface area contributed by atoms with Gasteiger partial charge in [-0.25, -0.2) is 0 Å². The lowest BCUT2D eigenvalue weighted by molar-refractivity contribution is -0.870. The molecule has 0 aromatic heterocycles. The van der Waals surface area contributed by atoms with Crippen LogP contribution in [0.3, 0.4) is 0 Å². The minimum atomic E-state index is -4.72. The zero-order chi connectivity index (χ0) is 64.9. The molecule has 0 heterocycles. The van der Waals surface area contributed by atoms with E-state index in [0.29, 0.717) is 17.4 Å². The average Bonchev–Trinajstić information content (AvgIpc) is 3.64. The van der Waals surface area contributed by atoms with E-state index < -0.39 is 26.6 Å². The van der Waals surface area contributed by atoms with Crippen molar-refractivity contribution in [1.29, 1.82) is 0 Å². The first kappa shape index (κ1) is 85.9. The highest BCUT2D eigenvalue weighted by Gasteiger charge is 2.27. The van der Waals surface area contributed by atoms with Gasteiger partial charge < -0.3 is 28.5 Å². The number of amides is 1. The van der Waals surface area contributed by atoms with Gasteiger partial charge in [-0.2, -0.15) is 0 Å². The molecule has 9 nitrogen and oxygen atoms in total. The van der Waals surface area contributed by atoms with Gasteiger partial charge in [0.05, 0.1) is 33.8 Å². The number of unbranched alkanes of at least 4 members (excludes halogenated alkanes) is 38. The Bertz CT molecular complexity index is 1840. The van der Waals surface area contributed by atoms with Crippen LogP contribution in [-0.2, 0) is 27.9 Å². The number of phosphoric acid groups is 1. The number of rotatable bonds is 68. The first-order valence-electron chi connectivity index (χ1n) is 37.5. The third-order valence-corrected chi connectivity index (χ3v) is 17.5. The second-order valence-electron chi connectivity index (χ2n) is 26.4. The number of esters is 1. The van der Waals surface area contributed by atoms with Crippen molar-refractivity contribution >= 4 is 19.7 Å². The van der Waals surface area contributed by atoms with Gasteiger partial charge in [0.15, 0.2) is 0 Å². The molecule has 0 bridgehead atoms. The molecular weight excluding hydrogens is 1120 g/mol. The van der Waals surface area contributed by atoms with Crippen LogP contribution < -0.4 is 10.2 Å². The molecule has 0 saturated heterocycles. The van der Waals surface area contributed by atoms with Gasteiger partial charge in [-0.3, -0.25) is 14.2 Å². The van der Waals surface area contributed by atoms with Gasteiger partial charge in [0.25, 0.3) is 7.82 Å². The van der Waals surface area contributed by atoms with Crippen LogP contribution in [0.1, 0.15) is 342 Å². The SMILES string of the molecule is CC/C=C\C/C=C\C/C=C\C/C=C\C/C=C\CCCCCCCCCC(=O)NC(COP(=O)([O-])OCC[N+](C)(C)C)C(/C=C/CCCCCCCCCCCCC)OC(=O)CCCCCCCCCCCCCCCCCCC/C=C\C/C=C\CCCCC. The summed E-state index contributed by atoms with van der Waals surface area (Å²) in [4.78, 5) is 40.3. The highest BCUT2D eigenvalue weighted by molar-refractivity contribution is 7.45. The maximum absolute atomic E-state index is 13.6. The van der Waals surface area contributed by atoms with E-state index in [1.807, 2.05) is 33.3 Å². The Morgan fingerprint density at radius 3 is 1.10 bits per heavy atom. The molecule has 3 atom stereocenters. The summed E-state index contributed by atoms with van der Waals surface area (Å²) in [5.41, 5.74) is 0. The molecular formula is C79H143N2O7P. The number of allylic oxidation sites excluding steroid dienone is 15. The summed E-state index contributed by atoms with van der Waals surface area (Å²) in [7, 11) is 1.18. The first-order valence-corrected chi connectivity index (χ1v) is 39.0. The lowest BCUT2D eigenvalue weighted by atomic mass is 10.0. The predicted molar refractivity (Wildman–Crippen MR) is 385 cm³/mol. The van der Waals surface area contributed by atoms with Crippen molar-refractivity contribution in [3.8, 4) is 0 Å².